The number of nitrogens with zero attached hydrogens (tertiary/aromatic N) is 2. The van der Waals surface area contributed by atoms with E-state index in [0.717, 1.165) is 0 Å². The van der Waals surface area contributed by atoms with Crippen LogP contribution in [0.5, 0.6) is 0 Å². The van der Waals surface area contributed by atoms with E-state index in [-0.39, 0.29) is 37.0 Å². The predicted molar refractivity (Wildman–Crippen MR) is 94.4 cm³/mol. The fraction of sp³-hybridized carbons (Fsp3) is 0.632. The maximum Gasteiger partial charge on any atom is 0.312 e. The Kier molecular flexibility index (Phi) is 5.84. The molecule has 3 heterocycles. The van der Waals surface area contributed by atoms with Crippen molar-refractivity contribution in [1.29, 1.82) is 0 Å². The SMILES string of the molecule is C[C@@H]1CN(C(=O)[C@H](C)OC(=O)[C@H]2CC(=O)N(Cc3ccco3)C2)C[C@H](C)O1. The number of hydrogen-bond donors (Lipinski definition) is 0. The molecule has 2 fully saturated rings. The molecule has 8 nitrogen and oxygen atoms in total. The van der Waals surface area contributed by atoms with Crippen LogP contribution in [0.15, 0.2) is 22.8 Å². The van der Waals surface area contributed by atoms with Crippen LogP contribution in [-0.4, -0.2) is 65.5 Å². The summed E-state index contributed by atoms with van der Waals surface area (Å²) in [5.41, 5.74) is 0. The minimum atomic E-state index is -0.885. The van der Waals surface area contributed by atoms with Gasteiger partial charge in [-0.2, -0.15) is 0 Å². The van der Waals surface area contributed by atoms with E-state index in [1.807, 2.05) is 13.8 Å². The highest BCUT2D eigenvalue weighted by Crippen LogP contribution is 2.22. The summed E-state index contributed by atoms with van der Waals surface area (Å²) in [7, 11) is 0. The lowest BCUT2D eigenvalue weighted by molar-refractivity contribution is -0.166. The van der Waals surface area contributed by atoms with Gasteiger partial charge in [-0.15, -0.1) is 0 Å². The van der Waals surface area contributed by atoms with Crippen molar-refractivity contribution >= 4 is 17.8 Å². The fourth-order valence-electron chi connectivity index (χ4n) is 3.61. The standard InChI is InChI=1S/C19H26N2O6/c1-12-8-21(9-13(2)26-12)18(23)14(3)27-19(24)15-7-17(22)20(10-15)11-16-5-4-6-25-16/h4-6,12-15H,7-11H2,1-3H3/t12-,13+,14-,15-/m0/s1. The molecular formula is C19H26N2O6. The van der Waals surface area contributed by atoms with E-state index in [4.69, 9.17) is 13.9 Å². The summed E-state index contributed by atoms with van der Waals surface area (Å²) < 4.78 is 16.3. The fourth-order valence-corrected chi connectivity index (χ4v) is 3.61. The zero-order chi connectivity index (χ0) is 19.6. The maximum atomic E-state index is 12.6. The number of ether oxygens (including phenoxy) is 2. The van der Waals surface area contributed by atoms with E-state index in [1.54, 1.807) is 35.1 Å². The molecule has 0 aliphatic carbocycles. The second-order valence-corrected chi connectivity index (χ2v) is 7.33. The molecule has 0 unspecified atom stereocenters. The second kappa shape index (κ2) is 8.12. The number of carbonyl (C=O) groups excluding carboxylic acids is 3. The zero-order valence-electron chi connectivity index (χ0n) is 15.9. The van der Waals surface area contributed by atoms with Gasteiger partial charge in [0.05, 0.1) is 30.9 Å². The van der Waals surface area contributed by atoms with Crippen molar-refractivity contribution in [1.82, 2.24) is 9.80 Å². The zero-order valence-corrected chi connectivity index (χ0v) is 15.9. The number of rotatable bonds is 5. The number of furan rings is 1. The molecule has 0 spiro atoms. The van der Waals surface area contributed by atoms with Gasteiger partial charge in [-0.1, -0.05) is 0 Å². The third-order valence-corrected chi connectivity index (χ3v) is 4.85. The third kappa shape index (κ3) is 4.68. The van der Waals surface area contributed by atoms with Gasteiger partial charge in [-0.05, 0) is 32.9 Å². The van der Waals surface area contributed by atoms with Crippen molar-refractivity contribution in [3.05, 3.63) is 24.2 Å². The van der Waals surface area contributed by atoms with Crippen molar-refractivity contribution in [3.8, 4) is 0 Å². The molecule has 0 N–H and O–H groups in total. The molecule has 4 atom stereocenters. The van der Waals surface area contributed by atoms with E-state index in [1.165, 1.54) is 0 Å². The van der Waals surface area contributed by atoms with Crippen LogP contribution < -0.4 is 0 Å². The van der Waals surface area contributed by atoms with Gasteiger partial charge < -0.3 is 23.7 Å². The number of hydrogen-bond acceptors (Lipinski definition) is 6. The Balaban J connectivity index is 1.52. The summed E-state index contributed by atoms with van der Waals surface area (Å²) in [5, 5.41) is 0. The minimum absolute atomic E-state index is 0.0526. The average Bonchev–Trinajstić information content (AvgIpc) is 3.24. The molecule has 2 amide bonds. The van der Waals surface area contributed by atoms with Crippen LogP contribution in [0.4, 0.5) is 0 Å². The molecular weight excluding hydrogens is 352 g/mol. The molecule has 1 aromatic rings. The van der Waals surface area contributed by atoms with Crippen molar-refractivity contribution in [2.75, 3.05) is 19.6 Å². The Hall–Kier alpha value is -2.35. The summed E-state index contributed by atoms with van der Waals surface area (Å²) in [5.74, 6) is -0.771. The molecule has 0 aromatic carbocycles. The molecule has 148 valence electrons. The largest absolute Gasteiger partial charge is 0.467 e. The summed E-state index contributed by atoms with van der Waals surface area (Å²) in [4.78, 5) is 40.4. The summed E-state index contributed by atoms with van der Waals surface area (Å²) >= 11 is 0. The topological polar surface area (TPSA) is 89.3 Å². The Morgan fingerprint density at radius 1 is 1.26 bits per heavy atom. The molecule has 2 aliphatic heterocycles. The van der Waals surface area contributed by atoms with E-state index in [0.29, 0.717) is 25.4 Å². The van der Waals surface area contributed by atoms with Gasteiger partial charge >= 0.3 is 5.97 Å². The average molecular weight is 378 g/mol. The van der Waals surface area contributed by atoms with Gasteiger partial charge in [-0.3, -0.25) is 14.4 Å². The maximum absolute atomic E-state index is 12.6. The van der Waals surface area contributed by atoms with Crippen molar-refractivity contribution < 1.29 is 28.3 Å². The van der Waals surface area contributed by atoms with Crippen LogP contribution in [0.2, 0.25) is 0 Å². The molecule has 3 rings (SSSR count). The normalized spacial score (nSPS) is 26.9. The molecule has 0 bridgehead atoms. The van der Waals surface area contributed by atoms with Gasteiger partial charge in [0.25, 0.3) is 5.91 Å². The number of carbonyl (C=O) groups is 3. The van der Waals surface area contributed by atoms with Gasteiger partial charge in [0.15, 0.2) is 6.10 Å². The molecule has 27 heavy (non-hydrogen) atoms. The molecule has 0 saturated carbocycles. The van der Waals surface area contributed by atoms with Crippen LogP contribution in [0.1, 0.15) is 33.0 Å². The Labute approximate surface area is 158 Å². The number of esters is 1. The Bertz CT molecular complexity index is 678. The third-order valence-electron chi connectivity index (χ3n) is 4.85. The Morgan fingerprint density at radius 2 is 1.96 bits per heavy atom. The first-order chi connectivity index (χ1) is 12.8. The smallest absolute Gasteiger partial charge is 0.312 e. The van der Waals surface area contributed by atoms with Crippen LogP contribution in [0, 0.1) is 5.92 Å². The predicted octanol–water partition coefficient (Wildman–Crippen LogP) is 1.20. The highest BCUT2D eigenvalue weighted by atomic mass is 16.5. The van der Waals surface area contributed by atoms with Crippen molar-refractivity contribution in [2.45, 2.75) is 52.0 Å². The lowest BCUT2D eigenvalue weighted by Gasteiger charge is -2.36. The lowest BCUT2D eigenvalue weighted by Crippen LogP contribution is -2.51. The second-order valence-electron chi connectivity index (χ2n) is 7.33. The van der Waals surface area contributed by atoms with Crippen LogP contribution in [0.3, 0.4) is 0 Å². The Morgan fingerprint density at radius 3 is 2.59 bits per heavy atom. The number of morpholine rings is 1. The summed E-state index contributed by atoms with van der Waals surface area (Å²) in [6.45, 7) is 6.93. The molecule has 0 radical (unpaired) electrons. The first kappa shape index (κ1) is 19.4. The first-order valence-electron chi connectivity index (χ1n) is 9.28. The molecule has 2 aliphatic rings. The highest BCUT2D eigenvalue weighted by molar-refractivity contribution is 5.89. The minimum Gasteiger partial charge on any atom is -0.467 e. The van der Waals surface area contributed by atoms with Gasteiger partial charge in [0.2, 0.25) is 5.91 Å². The summed E-state index contributed by atoms with van der Waals surface area (Å²) in [6, 6.07) is 3.53. The van der Waals surface area contributed by atoms with E-state index in [9.17, 15) is 14.4 Å². The van der Waals surface area contributed by atoms with Gasteiger partial charge in [0.1, 0.15) is 5.76 Å². The number of amides is 2. The van der Waals surface area contributed by atoms with E-state index in [2.05, 4.69) is 0 Å². The van der Waals surface area contributed by atoms with E-state index >= 15 is 0 Å². The summed E-state index contributed by atoms with van der Waals surface area (Å²) in [6.07, 6.45) is 0.643. The van der Waals surface area contributed by atoms with Gasteiger partial charge in [0, 0.05) is 26.1 Å². The molecule has 2 saturated heterocycles. The molecule has 1 aromatic heterocycles. The first-order valence-corrected chi connectivity index (χ1v) is 9.28. The van der Waals surface area contributed by atoms with Gasteiger partial charge in [-0.25, -0.2) is 0 Å². The quantitative estimate of drug-likeness (QED) is 0.715. The van der Waals surface area contributed by atoms with Crippen LogP contribution >= 0.6 is 0 Å². The van der Waals surface area contributed by atoms with Crippen LogP contribution in [0.25, 0.3) is 0 Å². The van der Waals surface area contributed by atoms with Crippen molar-refractivity contribution in [2.24, 2.45) is 5.92 Å². The lowest BCUT2D eigenvalue weighted by atomic mass is 10.1. The monoisotopic (exact) mass is 378 g/mol. The van der Waals surface area contributed by atoms with Crippen molar-refractivity contribution in [3.63, 3.8) is 0 Å². The molecule has 8 heteroatoms. The van der Waals surface area contributed by atoms with E-state index < -0.39 is 18.0 Å². The highest BCUT2D eigenvalue weighted by Gasteiger charge is 2.38. The number of likely N-dealkylation sites (tertiary alicyclic amines) is 1. The van der Waals surface area contributed by atoms with Crippen LogP contribution in [-0.2, 0) is 30.4 Å².